The van der Waals surface area contributed by atoms with Gasteiger partial charge in [0.25, 0.3) is 0 Å². The van der Waals surface area contributed by atoms with E-state index in [1.54, 1.807) is 36.9 Å². The SMILES string of the molecule is CSCCC(C(=O)Nc1cccc(NC(C)=O)c1C)N1C(=O)C2CCCCC2C1=O. The number of rotatable bonds is 7. The van der Waals surface area contributed by atoms with Gasteiger partial charge in [0, 0.05) is 18.3 Å². The quantitative estimate of drug-likeness (QED) is 0.647. The van der Waals surface area contributed by atoms with Gasteiger partial charge in [-0.25, -0.2) is 0 Å². The minimum absolute atomic E-state index is 0.199. The fourth-order valence-electron chi connectivity index (χ4n) is 4.41. The summed E-state index contributed by atoms with van der Waals surface area (Å²) in [4.78, 5) is 51.9. The maximum absolute atomic E-state index is 13.2. The maximum Gasteiger partial charge on any atom is 0.247 e. The molecule has 0 aromatic heterocycles. The van der Waals surface area contributed by atoms with Crippen LogP contribution in [0.2, 0.25) is 0 Å². The molecule has 0 bridgehead atoms. The third-order valence-electron chi connectivity index (χ3n) is 5.99. The largest absolute Gasteiger partial charge is 0.326 e. The van der Waals surface area contributed by atoms with Crippen molar-refractivity contribution in [3.63, 3.8) is 0 Å². The molecule has 7 nitrogen and oxygen atoms in total. The Bertz CT molecular complexity index is 833. The molecule has 1 aliphatic carbocycles. The second-order valence-electron chi connectivity index (χ2n) is 7.99. The molecule has 30 heavy (non-hydrogen) atoms. The fraction of sp³-hybridized carbons (Fsp3) is 0.545. The van der Waals surface area contributed by atoms with E-state index in [2.05, 4.69) is 10.6 Å². The molecule has 162 valence electrons. The van der Waals surface area contributed by atoms with Crippen molar-refractivity contribution in [3.05, 3.63) is 23.8 Å². The lowest BCUT2D eigenvalue weighted by molar-refractivity contribution is -0.146. The van der Waals surface area contributed by atoms with Gasteiger partial charge < -0.3 is 10.6 Å². The summed E-state index contributed by atoms with van der Waals surface area (Å²) in [5.74, 6) is -0.858. The average Bonchev–Trinajstić information content (AvgIpc) is 2.96. The Balaban J connectivity index is 1.84. The van der Waals surface area contributed by atoms with Crippen LogP contribution in [-0.4, -0.2) is 46.6 Å². The highest BCUT2D eigenvalue weighted by atomic mass is 32.2. The van der Waals surface area contributed by atoms with Crippen molar-refractivity contribution in [1.29, 1.82) is 0 Å². The molecule has 1 saturated heterocycles. The van der Waals surface area contributed by atoms with Crippen LogP contribution in [0.25, 0.3) is 0 Å². The molecule has 0 radical (unpaired) electrons. The standard InChI is InChI=1S/C22H29N3O4S/c1-13-17(23-14(2)26)9-6-10-18(13)24-20(27)19(11-12-30-3)25-21(28)15-7-4-5-8-16(15)22(25)29/h6,9-10,15-16,19H,4-5,7-8,11-12H2,1-3H3,(H,23,26)(H,24,27). The van der Waals surface area contributed by atoms with Crippen LogP contribution in [0.5, 0.6) is 0 Å². The molecule has 3 atom stereocenters. The van der Waals surface area contributed by atoms with Gasteiger partial charge in [0.15, 0.2) is 0 Å². The van der Waals surface area contributed by atoms with E-state index in [0.29, 0.717) is 23.5 Å². The lowest BCUT2D eigenvalue weighted by Crippen LogP contribution is -2.48. The highest BCUT2D eigenvalue weighted by Gasteiger charge is 2.51. The number of thioether (sulfide) groups is 1. The van der Waals surface area contributed by atoms with E-state index in [1.807, 2.05) is 6.26 Å². The monoisotopic (exact) mass is 431 g/mol. The third-order valence-corrected chi connectivity index (χ3v) is 6.63. The number of carbonyl (C=O) groups is 4. The normalized spacial score (nSPS) is 21.9. The van der Waals surface area contributed by atoms with Gasteiger partial charge in [-0.2, -0.15) is 11.8 Å². The summed E-state index contributed by atoms with van der Waals surface area (Å²) >= 11 is 1.58. The van der Waals surface area contributed by atoms with E-state index in [-0.39, 0.29) is 35.5 Å². The van der Waals surface area contributed by atoms with E-state index in [1.165, 1.54) is 11.8 Å². The number of fused-ring (bicyclic) bond motifs is 1. The van der Waals surface area contributed by atoms with Gasteiger partial charge in [-0.15, -0.1) is 0 Å². The van der Waals surface area contributed by atoms with Crippen LogP contribution >= 0.6 is 11.8 Å². The van der Waals surface area contributed by atoms with Gasteiger partial charge in [-0.05, 0) is 55.9 Å². The van der Waals surface area contributed by atoms with E-state index < -0.39 is 6.04 Å². The lowest BCUT2D eigenvalue weighted by atomic mass is 9.81. The van der Waals surface area contributed by atoms with E-state index in [0.717, 1.165) is 31.2 Å². The predicted molar refractivity (Wildman–Crippen MR) is 118 cm³/mol. The van der Waals surface area contributed by atoms with Crippen LogP contribution in [0.4, 0.5) is 11.4 Å². The summed E-state index contributed by atoms with van der Waals surface area (Å²) in [5, 5.41) is 5.63. The van der Waals surface area contributed by atoms with Crippen LogP contribution in [0.15, 0.2) is 18.2 Å². The molecule has 1 heterocycles. The number of amides is 4. The fourth-order valence-corrected chi connectivity index (χ4v) is 4.87. The molecule has 8 heteroatoms. The Morgan fingerprint density at radius 2 is 1.67 bits per heavy atom. The molecule has 3 unspecified atom stereocenters. The Hall–Kier alpha value is -2.35. The van der Waals surface area contributed by atoms with Crippen LogP contribution in [-0.2, 0) is 19.2 Å². The second kappa shape index (κ2) is 9.64. The third kappa shape index (κ3) is 4.53. The summed E-state index contributed by atoms with van der Waals surface area (Å²) in [6.45, 7) is 3.23. The lowest BCUT2D eigenvalue weighted by Gasteiger charge is -2.26. The van der Waals surface area contributed by atoms with Gasteiger partial charge in [0.2, 0.25) is 23.6 Å². The molecule has 1 aliphatic heterocycles. The first-order chi connectivity index (χ1) is 14.3. The zero-order valence-electron chi connectivity index (χ0n) is 17.7. The highest BCUT2D eigenvalue weighted by molar-refractivity contribution is 7.98. The number of carbonyl (C=O) groups excluding carboxylic acids is 4. The summed E-state index contributed by atoms with van der Waals surface area (Å²) in [5.41, 5.74) is 1.88. The Morgan fingerprint density at radius 3 is 2.20 bits per heavy atom. The van der Waals surface area contributed by atoms with Crippen molar-refractivity contribution < 1.29 is 19.2 Å². The van der Waals surface area contributed by atoms with Crippen LogP contribution in [0.3, 0.4) is 0 Å². The molecule has 2 aliphatic rings. The summed E-state index contributed by atoms with van der Waals surface area (Å²) < 4.78 is 0. The summed E-state index contributed by atoms with van der Waals surface area (Å²) in [6, 6.07) is 4.42. The molecule has 0 spiro atoms. The van der Waals surface area contributed by atoms with E-state index in [9.17, 15) is 19.2 Å². The molecule has 1 saturated carbocycles. The first-order valence-corrected chi connectivity index (χ1v) is 11.8. The average molecular weight is 432 g/mol. The number of hydrogen-bond donors (Lipinski definition) is 2. The van der Waals surface area contributed by atoms with Gasteiger partial charge in [-0.1, -0.05) is 18.9 Å². The number of likely N-dealkylation sites (tertiary alicyclic amines) is 1. The van der Waals surface area contributed by atoms with E-state index >= 15 is 0 Å². The van der Waals surface area contributed by atoms with Crippen LogP contribution in [0.1, 0.15) is 44.6 Å². The number of benzene rings is 1. The van der Waals surface area contributed by atoms with Crippen molar-refractivity contribution in [2.45, 2.75) is 52.0 Å². The van der Waals surface area contributed by atoms with Crippen molar-refractivity contribution in [2.75, 3.05) is 22.6 Å². The second-order valence-corrected chi connectivity index (χ2v) is 8.98. The van der Waals surface area contributed by atoms with Crippen molar-refractivity contribution >= 4 is 46.8 Å². The minimum atomic E-state index is -0.827. The Kier molecular flexibility index (Phi) is 7.18. The first kappa shape index (κ1) is 22.3. The topological polar surface area (TPSA) is 95.6 Å². The number of hydrogen-bond acceptors (Lipinski definition) is 5. The zero-order chi connectivity index (χ0) is 21.8. The summed E-state index contributed by atoms with van der Waals surface area (Å²) in [6.07, 6.45) is 5.69. The molecule has 4 amide bonds. The number of imide groups is 1. The Morgan fingerprint density at radius 1 is 1.10 bits per heavy atom. The maximum atomic E-state index is 13.2. The first-order valence-electron chi connectivity index (χ1n) is 10.4. The molecule has 2 fully saturated rings. The van der Waals surface area contributed by atoms with Crippen LogP contribution < -0.4 is 10.6 Å². The van der Waals surface area contributed by atoms with Gasteiger partial charge >= 0.3 is 0 Å². The van der Waals surface area contributed by atoms with Gasteiger partial charge in [0.05, 0.1) is 11.8 Å². The molecule has 1 aromatic carbocycles. The van der Waals surface area contributed by atoms with Crippen molar-refractivity contribution in [2.24, 2.45) is 11.8 Å². The minimum Gasteiger partial charge on any atom is -0.326 e. The highest BCUT2D eigenvalue weighted by Crippen LogP contribution is 2.39. The molecular weight excluding hydrogens is 402 g/mol. The number of nitrogens with one attached hydrogen (secondary N) is 2. The number of anilines is 2. The molecule has 1 aromatic rings. The van der Waals surface area contributed by atoms with Crippen LogP contribution in [0, 0.1) is 18.8 Å². The molecular formula is C22H29N3O4S. The van der Waals surface area contributed by atoms with Crippen molar-refractivity contribution in [1.82, 2.24) is 4.90 Å². The predicted octanol–water partition coefficient (Wildman–Crippen LogP) is 3.19. The smallest absolute Gasteiger partial charge is 0.247 e. The van der Waals surface area contributed by atoms with Gasteiger partial charge in [-0.3, -0.25) is 24.1 Å². The summed E-state index contributed by atoms with van der Waals surface area (Å²) in [7, 11) is 0. The number of nitrogens with zero attached hydrogens (tertiary/aromatic N) is 1. The molecule has 3 rings (SSSR count). The Labute approximate surface area is 181 Å². The van der Waals surface area contributed by atoms with Gasteiger partial charge in [0.1, 0.15) is 6.04 Å². The van der Waals surface area contributed by atoms with Crippen molar-refractivity contribution in [3.8, 4) is 0 Å². The zero-order valence-corrected chi connectivity index (χ0v) is 18.5. The van der Waals surface area contributed by atoms with E-state index in [4.69, 9.17) is 0 Å². The molecule has 2 N–H and O–H groups in total.